The Morgan fingerprint density at radius 2 is 2.00 bits per heavy atom. The van der Waals surface area contributed by atoms with Gasteiger partial charge in [-0.3, -0.25) is 9.69 Å². The predicted octanol–water partition coefficient (Wildman–Crippen LogP) is 3.75. The molecule has 1 aliphatic rings. The van der Waals surface area contributed by atoms with E-state index in [1.54, 1.807) is 7.11 Å². The van der Waals surface area contributed by atoms with Gasteiger partial charge in [-0.1, -0.05) is 35.9 Å². The van der Waals surface area contributed by atoms with Crippen LogP contribution in [0.2, 0.25) is 5.02 Å². The molecule has 0 saturated heterocycles. The first kappa shape index (κ1) is 18.7. The summed E-state index contributed by atoms with van der Waals surface area (Å²) in [5.41, 5.74) is 3.57. The van der Waals surface area contributed by atoms with Crippen LogP contribution in [0.3, 0.4) is 0 Å². The lowest BCUT2D eigenvalue weighted by Gasteiger charge is -2.34. The summed E-state index contributed by atoms with van der Waals surface area (Å²) in [5.74, 6) is 0.941. The molecule has 0 spiro atoms. The van der Waals surface area contributed by atoms with Gasteiger partial charge in [-0.25, -0.2) is 0 Å². The minimum Gasteiger partial charge on any atom is -0.496 e. The van der Waals surface area contributed by atoms with Gasteiger partial charge in [-0.15, -0.1) is 0 Å². The average molecular weight is 373 g/mol. The monoisotopic (exact) mass is 372 g/mol. The molecule has 1 amide bonds. The van der Waals surface area contributed by atoms with Crippen molar-refractivity contribution >= 4 is 17.5 Å². The highest BCUT2D eigenvalue weighted by Crippen LogP contribution is 2.25. The van der Waals surface area contributed by atoms with Crippen LogP contribution in [0.15, 0.2) is 42.5 Å². The number of likely N-dealkylation sites (N-methyl/N-ethyl adjacent to an activating group) is 1. The van der Waals surface area contributed by atoms with Crippen molar-refractivity contribution in [2.75, 3.05) is 20.7 Å². The van der Waals surface area contributed by atoms with Gasteiger partial charge in [0, 0.05) is 30.2 Å². The highest BCUT2D eigenvalue weighted by Gasteiger charge is 2.27. The van der Waals surface area contributed by atoms with E-state index in [2.05, 4.69) is 18.2 Å². The number of carbonyl (C=O) groups is 1. The molecule has 138 valence electrons. The molecule has 0 N–H and O–H groups in total. The maximum Gasteiger partial charge on any atom is 0.239 e. The van der Waals surface area contributed by atoms with Crippen molar-refractivity contribution in [2.24, 2.45) is 0 Å². The van der Waals surface area contributed by atoms with Crippen molar-refractivity contribution < 1.29 is 9.53 Å². The molecule has 1 unspecified atom stereocenters. The molecule has 1 atom stereocenters. The highest BCUT2D eigenvalue weighted by molar-refractivity contribution is 6.30. The standard InChI is InChI=1S/C21H25ClN2O2/c1-15(23(2)13-18-12-19(22)8-9-20(18)26-3)21(25)24-11-10-16-6-4-5-7-17(16)14-24/h4-9,12,15H,10-11,13-14H2,1-3H3. The summed E-state index contributed by atoms with van der Waals surface area (Å²) in [4.78, 5) is 17.0. The number of methoxy groups -OCH3 is 1. The molecule has 0 radical (unpaired) electrons. The van der Waals surface area contributed by atoms with E-state index in [-0.39, 0.29) is 11.9 Å². The first-order valence-corrected chi connectivity index (χ1v) is 9.25. The van der Waals surface area contributed by atoms with E-state index in [0.29, 0.717) is 18.1 Å². The van der Waals surface area contributed by atoms with Gasteiger partial charge in [-0.2, -0.15) is 0 Å². The fourth-order valence-electron chi connectivity index (χ4n) is 3.41. The van der Waals surface area contributed by atoms with E-state index < -0.39 is 0 Å². The van der Waals surface area contributed by atoms with Crippen molar-refractivity contribution in [3.63, 3.8) is 0 Å². The molecule has 0 aliphatic carbocycles. The van der Waals surface area contributed by atoms with Crippen molar-refractivity contribution in [1.82, 2.24) is 9.80 Å². The Hall–Kier alpha value is -2.04. The number of halogens is 1. The Morgan fingerprint density at radius 3 is 2.73 bits per heavy atom. The number of fused-ring (bicyclic) bond motifs is 1. The molecule has 0 fully saturated rings. The van der Waals surface area contributed by atoms with Crippen LogP contribution in [-0.2, 0) is 24.3 Å². The molecule has 5 heteroatoms. The molecule has 26 heavy (non-hydrogen) atoms. The third-order valence-electron chi connectivity index (χ3n) is 5.12. The molecular formula is C21H25ClN2O2. The lowest BCUT2D eigenvalue weighted by atomic mass is 9.99. The molecule has 0 saturated carbocycles. The first-order chi connectivity index (χ1) is 12.5. The van der Waals surface area contributed by atoms with Gasteiger partial charge in [0.1, 0.15) is 5.75 Å². The summed E-state index contributed by atoms with van der Waals surface area (Å²) >= 11 is 6.12. The molecule has 0 bridgehead atoms. The van der Waals surface area contributed by atoms with E-state index in [0.717, 1.165) is 24.3 Å². The van der Waals surface area contributed by atoms with E-state index in [9.17, 15) is 4.79 Å². The summed E-state index contributed by atoms with van der Waals surface area (Å²) in [6.45, 7) is 4.02. The average Bonchev–Trinajstić information content (AvgIpc) is 2.66. The number of ether oxygens (including phenoxy) is 1. The van der Waals surface area contributed by atoms with Gasteiger partial charge in [0.15, 0.2) is 0 Å². The van der Waals surface area contributed by atoms with Gasteiger partial charge in [0.2, 0.25) is 5.91 Å². The Balaban J connectivity index is 1.68. The molecule has 1 aliphatic heterocycles. The van der Waals surface area contributed by atoms with Crippen molar-refractivity contribution in [3.8, 4) is 5.75 Å². The van der Waals surface area contributed by atoms with Gasteiger partial charge >= 0.3 is 0 Å². The Labute approximate surface area is 160 Å². The van der Waals surface area contributed by atoms with Crippen LogP contribution in [0.1, 0.15) is 23.6 Å². The second kappa shape index (κ2) is 8.11. The molecule has 4 nitrogen and oxygen atoms in total. The zero-order valence-electron chi connectivity index (χ0n) is 15.5. The molecule has 2 aromatic rings. The smallest absolute Gasteiger partial charge is 0.239 e. The van der Waals surface area contributed by atoms with Crippen LogP contribution in [-0.4, -0.2) is 42.5 Å². The van der Waals surface area contributed by atoms with Crippen LogP contribution in [0.5, 0.6) is 5.75 Å². The zero-order valence-corrected chi connectivity index (χ0v) is 16.3. The minimum absolute atomic E-state index is 0.156. The third-order valence-corrected chi connectivity index (χ3v) is 5.36. The van der Waals surface area contributed by atoms with Gasteiger partial charge in [-0.05, 0) is 49.7 Å². The minimum atomic E-state index is -0.219. The van der Waals surface area contributed by atoms with Gasteiger partial charge < -0.3 is 9.64 Å². The van der Waals surface area contributed by atoms with Crippen LogP contribution in [0.25, 0.3) is 0 Å². The normalized spacial score (nSPS) is 14.9. The number of rotatable bonds is 5. The topological polar surface area (TPSA) is 32.8 Å². The SMILES string of the molecule is COc1ccc(Cl)cc1CN(C)C(C)C(=O)N1CCc2ccccc2C1. The third kappa shape index (κ3) is 4.02. The molecule has 0 aromatic heterocycles. The summed E-state index contributed by atoms with van der Waals surface area (Å²) in [6, 6.07) is 13.7. The van der Waals surface area contributed by atoms with E-state index in [4.69, 9.17) is 16.3 Å². The van der Waals surface area contributed by atoms with Crippen molar-refractivity contribution in [1.29, 1.82) is 0 Å². The van der Waals surface area contributed by atoms with Gasteiger partial charge in [0.05, 0.1) is 13.2 Å². The summed E-state index contributed by atoms with van der Waals surface area (Å²) in [5, 5.41) is 0.667. The maximum absolute atomic E-state index is 13.0. The number of amides is 1. The van der Waals surface area contributed by atoms with E-state index in [1.165, 1.54) is 11.1 Å². The summed E-state index contributed by atoms with van der Waals surface area (Å²) in [6.07, 6.45) is 0.917. The van der Waals surface area contributed by atoms with Crippen molar-refractivity contribution in [2.45, 2.75) is 32.5 Å². The van der Waals surface area contributed by atoms with Crippen molar-refractivity contribution in [3.05, 3.63) is 64.2 Å². The summed E-state index contributed by atoms with van der Waals surface area (Å²) in [7, 11) is 3.60. The molecule has 2 aromatic carbocycles. The lowest BCUT2D eigenvalue weighted by Crippen LogP contribution is -2.47. The van der Waals surface area contributed by atoms with Crippen LogP contribution >= 0.6 is 11.6 Å². The van der Waals surface area contributed by atoms with Gasteiger partial charge in [0.25, 0.3) is 0 Å². The molecular weight excluding hydrogens is 348 g/mol. The number of nitrogens with zero attached hydrogens (tertiary/aromatic N) is 2. The first-order valence-electron chi connectivity index (χ1n) is 8.88. The second-order valence-electron chi connectivity index (χ2n) is 6.83. The number of hydrogen-bond acceptors (Lipinski definition) is 3. The van der Waals surface area contributed by atoms with Crippen LogP contribution < -0.4 is 4.74 Å². The number of hydrogen-bond donors (Lipinski definition) is 0. The Bertz CT molecular complexity index is 793. The fourth-order valence-corrected chi connectivity index (χ4v) is 3.61. The highest BCUT2D eigenvalue weighted by atomic mass is 35.5. The van der Waals surface area contributed by atoms with Crippen LogP contribution in [0.4, 0.5) is 0 Å². The second-order valence-corrected chi connectivity index (χ2v) is 7.26. The van der Waals surface area contributed by atoms with E-state index >= 15 is 0 Å². The largest absolute Gasteiger partial charge is 0.496 e. The fraction of sp³-hybridized carbons (Fsp3) is 0.381. The number of carbonyl (C=O) groups excluding carboxylic acids is 1. The lowest BCUT2D eigenvalue weighted by molar-refractivity contribution is -0.137. The van der Waals surface area contributed by atoms with E-state index in [1.807, 2.05) is 48.0 Å². The van der Waals surface area contributed by atoms with Crippen LogP contribution in [0, 0.1) is 0 Å². The summed E-state index contributed by atoms with van der Waals surface area (Å²) < 4.78 is 5.42. The number of benzene rings is 2. The Morgan fingerprint density at radius 1 is 1.27 bits per heavy atom. The zero-order chi connectivity index (χ0) is 18.7. The maximum atomic E-state index is 13.0. The quantitative estimate of drug-likeness (QED) is 0.801. The molecule has 3 rings (SSSR count). The predicted molar refractivity (Wildman–Crippen MR) is 104 cm³/mol. The Kier molecular flexibility index (Phi) is 5.84. The molecule has 1 heterocycles.